The Labute approximate surface area is 153 Å². The molecule has 3 rings (SSSR count). The molecule has 0 amide bonds. The first-order valence-corrected chi connectivity index (χ1v) is 7.49. The molecule has 1 heterocycles. The first-order valence-electron chi connectivity index (χ1n) is 7.49. The fourth-order valence-corrected chi connectivity index (χ4v) is 2.71. The van der Waals surface area contributed by atoms with Gasteiger partial charge in [0.1, 0.15) is 11.6 Å². The van der Waals surface area contributed by atoms with Crippen molar-refractivity contribution in [3.63, 3.8) is 0 Å². The number of nitrogen functional groups attached to an aromatic ring is 1. The summed E-state index contributed by atoms with van der Waals surface area (Å²) in [7, 11) is 0. The molecular weight excluding hydrogens is 352 g/mol. The summed E-state index contributed by atoms with van der Waals surface area (Å²) in [5.74, 6) is 1.12. The fraction of sp³-hybridized carbons (Fsp3) is 0.375. The van der Waals surface area contributed by atoms with Gasteiger partial charge in [-0.05, 0) is 30.9 Å². The molecule has 0 radical (unpaired) electrons. The van der Waals surface area contributed by atoms with Gasteiger partial charge in [-0.15, -0.1) is 24.8 Å². The molecule has 132 valence electrons. The molecule has 5 nitrogen and oxygen atoms in total. The highest BCUT2D eigenvalue weighted by molar-refractivity contribution is 5.85. The van der Waals surface area contributed by atoms with Crippen molar-refractivity contribution in [2.45, 2.75) is 31.2 Å². The number of nitrogens with zero attached hydrogens (tertiary/aromatic N) is 2. The lowest BCUT2D eigenvalue weighted by atomic mass is 9.78. The molecule has 0 saturated heterocycles. The number of nitrogens with two attached hydrogens (primary N) is 2. The maximum Gasteiger partial charge on any atom is 0.222 e. The molecule has 1 aliphatic carbocycles. The Morgan fingerprint density at radius 2 is 1.88 bits per heavy atom. The van der Waals surface area contributed by atoms with Gasteiger partial charge in [0.15, 0.2) is 0 Å². The minimum absolute atomic E-state index is 0. The van der Waals surface area contributed by atoms with E-state index in [4.69, 9.17) is 11.5 Å². The average molecular weight is 374 g/mol. The van der Waals surface area contributed by atoms with Crippen LogP contribution in [-0.4, -0.2) is 22.6 Å². The van der Waals surface area contributed by atoms with Crippen molar-refractivity contribution in [1.29, 1.82) is 0 Å². The summed E-state index contributed by atoms with van der Waals surface area (Å²) in [5, 5.41) is 3.19. The van der Waals surface area contributed by atoms with Crippen LogP contribution in [0, 0.1) is 5.82 Å². The lowest BCUT2D eigenvalue weighted by Gasteiger charge is -2.32. The Balaban J connectivity index is 0.00000144. The van der Waals surface area contributed by atoms with E-state index in [2.05, 4.69) is 15.3 Å². The Hall–Kier alpha value is -1.63. The van der Waals surface area contributed by atoms with E-state index >= 15 is 0 Å². The molecule has 0 aliphatic heterocycles. The number of nitrogens with one attached hydrogen (secondary N) is 1. The van der Waals surface area contributed by atoms with Crippen molar-refractivity contribution in [2.24, 2.45) is 5.73 Å². The van der Waals surface area contributed by atoms with E-state index in [0.29, 0.717) is 30.3 Å². The molecule has 5 N–H and O–H groups in total. The van der Waals surface area contributed by atoms with Gasteiger partial charge >= 0.3 is 0 Å². The van der Waals surface area contributed by atoms with Gasteiger partial charge < -0.3 is 16.8 Å². The van der Waals surface area contributed by atoms with Crippen LogP contribution in [0.15, 0.2) is 30.3 Å². The molecule has 0 atom stereocenters. The summed E-state index contributed by atoms with van der Waals surface area (Å²) in [6, 6.07) is 8.95. The van der Waals surface area contributed by atoms with Crippen LogP contribution in [0.5, 0.6) is 0 Å². The smallest absolute Gasteiger partial charge is 0.222 e. The third-order valence-corrected chi connectivity index (χ3v) is 4.01. The van der Waals surface area contributed by atoms with Crippen LogP contribution in [0.2, 0.25) is 0 Å². The van der Waals surface area contributed by atoms with Gasteiger partial charge in [-0.3, -0.25) is 0 Å². The fourth-order valence-electron chi connectivity index (χ4n) is 2.71. The van der Waals surface area contributed by atoms with Crippen molar-refractivity contribution in [3.8, 4) is 0 Å². The number of aromatic nitrogens is 2. The highest BCUT2D eigenvalue weighted by Crippen LogP contribution is 2.35. The summed E-state index contributed by atoms with van der Waals surface area (Å²) in [6.07, 6.45) is 2.45. The van der Waals surface area contributed by atoms with E-state index in [-0.39, 0.29) is 42.6 Å². The number of halogens is 3. The highest BCUT2D eigenvalue weighted by atomic mass is 35.5. The summed E-state index contributed by atoms with van der Waals surface area (Å²) in [5.41, 5.74) is 13.2. The number of benzene rings is 1. The van der Waals surface area contributed by atoms with Crippen molar-refractivity contribution in [1.82, 2.24) is 9.97 Å². The molecule has 1 saturated carbocycles. The van der Waals surface area contributed by atoms with E-state index in [1.807, 2.05) is 12.1 Å². The van der Waals surface area contributed by atoms with Crippen LogP contribution in [0.25, 0.3) is 0 Å². The van der Waals surface area contributed by atoms with Crippen LogP contribution < -0.4 is 16.8 Å². The van der Waals surface area contributed by atoms with Gasteiger partial charge in [0.05, 0.1) is 5.69 Å². The number of hydrogen-bond donors (Lipinski definition) is 3. The Morgan fingerprint density at radius 1 is 1.17 bits per heavy atom. The van der Waals surface area contributed by atoms with Crippen LogP contribution in [0.1, 0.15) is 30.0 Å². The molecule has 0 spiro atoms. The van der Waals surface area contributed by atoms with Crippen molar-refractivity contribution in [3.05, 3.63) is 47.4 Å². The number of hydrogen-bond acceptors (Lipinski definition) is 5. The monoisotopic (exact) mass is 373 g/mol. The lowest BCUT2D eigenvalue weighted by Crippen LogP contribution is -2.35. The highest BCUT2D eigenvalue weighted by Gasteiger charge is 2.29. The van der Waals surface area contributed by atoms with Gasteiger partial charge in [-0.2, -0.15) is 4.98 Å². The van der Waals surface area contributed by atoms with Crippen LogP contribution >= 0.6 is 24.8 Å². The zero-order valence-electron chi connectivity index (χ0n) is 13.1. The Bertz CT molecular complexity index is 665. The van der Waals surface area contributed by atoms with Crippen molar-refractivity contribution >= 4 is 36.6 Å². The maximum atomic E-state index is 13.6. The molecule has 1 aliphatic rings. The average Bonchev–Trinajstić information content (AvgIpc) is 2.45. The summed E-state index contributed by atoms with van der Waals surface area (Å²) in [4.78, 5) is 8.46. The summed E-state index contributed by atoms with van der Waals surface area (Å²) < 4.78 is 13.6. The minimum Gasteiger partial charge on any atom is -0.370 e. The van der Waals surface area contributed by atoms with Crippen molar-refractivity contribution < 1.29 is 4.39 Å². The third-order valence-electron chi connectivity index (χ3n) is 4.01. The molecule has 0 unspecified atom stereocenters. The van der Waals surface area contributed by atoms with Crippen LogP contribution in [0.4, 0.5) is 16.2 Å². The first-order chi connectivity index (χ1) is 10.6. The predicted molar refractivity (Wildman–Crippen MR) is 99.5 cm³/mol. The lowest BCUT2D eigenvalue weighted by molar-refractivity contribution is 0.345. The van der Waals surface area contributed by atoms with Gasteiger partial charge in [-0.25, -0.2) is 9.37 Å². The van der Waals surface area contributed by atoms with Gasteiger partial charge in [-0.1, -0.05) is 18.2 Å². The van der Waals surface area contributed by atoms with Crippen molar-refractivity contribution in [2.75, 3.05) is 17.6 Å². The molecule has 8 heteroatoms. The Morgan fingerprint density at radius 3 is 2.54 bits per heavy atom. The van der Waals surface area contributed by atoms with Gasteiger partial charge in [0, 0.05) is 24.6 Å². The minimum atomic E-state index is -0.185. The van der Waals surface area contributed by atoms with Crippen LogP contribution in [0.3, 0.4) is 0 Å². The summed E-state index contributed by atoms with van der Waals surface area (Å²) in [6.45, 7) is 0.584. The van der Waals surface area contributed by atoms with Crippen LogP contribution in [-0.2, 0) is 6.42 Å². The first kappa shape index (κ1) is 20.4. The zero-order chi connectivity index (χ0) is 15.5. The number of anilines is 2. The maximum absolute atomic E-state index is 13.6. The number of rotatable bonds is 5. The standard InChI is InChI=1S/C16H20FN5.2ClH/c17-13-4-2-1-3-10(13)5-6-20-15-9-14(21-16(19)22-15)11-7-12(18)8-11;;/h1-4,9,11-12H,5-8,18H2,(H3,19,20,21,22);2*1H. The second-order valence-electron chi connectivity index (χ2n) is 5.73. The predicted octanol–water partition coefficient (Wildman–Crippen LogP) is 2.90. The molecule has 24 heavy (non-hydrogen) atoms. The molecule has 1 fully saturated rings. The van der Waals surface area contributed by atoms with E-state index < -0.39 is 0 Å². The second-order valence-corrected chi connectivity index (χ2v) is 5.73. The molecular formula is C16H22Cl2FN5. The zero-order valence-corrected chi connectivity index (χ0v) is 14.7. The quantitative estimate of drug-likeness (QED) is 0.749. The summed E-state index contributed by atoms with van der Waals surface area (Å²) >= 11 is 0. The topological polar surface area (TPSA) is 89.8 Å². The molecule has 2 aromatic rings. The van der Waals surface area contributed by atoms with E-state index in [1.54, 1.807) is 12.1 Å². The van der Waals surface area contributed by atoms with E-state index in [0.717, 1.165) is 18.5 Å². The molecule has 1 aromatic carbocycles. The largest absolute Gasteiger partial charge is 0.370 e. The molecule has 0 bridgehead atoms. The molecule has 1 aromatic heterocycles. The SMILES string of the molecule is Cl.Cl.Nc1nc(NCCc2ccccc2F)cc(C2CC(N)C2)n1. The normalized spacial score (nSPS) is 18.8. The Kier molecular flexibility index (Phi) is 7.66. The van der Waals surface area contributed by atoms with E-state index in [1.165, 1.54) is 6.07 Å². The van der Waals surface area contributed by atoms with Gasteiger partial charge in [0.2, 0.25) is 5.95 Å². The third kappa shape index (κ3) is 4.93. The second kappa shape index (κ2) is 9.01. The van der Waals surface area contributed by atoms with E-state index in [9.17, 15) is 4.39 Å². The van der Waals surface area contributed by atoms with Gasteiger partial charge in [0.25, 0.3) is 0 Å².